The van der Waals surface area contributed by atoms with Crippen LogP contribution in [0.3, 0.4) is 0 Å². The summed E-state index contributed by atoms with van der Waals surface area (Å²) in [5, 5.41) is 0. The average molecular weight is 249 g/mol. The van der Waals surface area contributed by atoms with E-state index in [0.717, 1.165) is 0 Å². The van der Waals surface area contributed by atoms with Crippen LogP contribution in [0.25, 0.3) is 0 Å². The number of hydrogen-bond donors (Lipinski definition) is 1. The van der Waals surface area contributed by atoms with Crippen LogP contribution in [0.1, 0.15) is 48.0 Å². The lowest BCUT2D eigenvalue weighted by molar-refractivity contribution is -0.121. The van der Waals surface area contributed by atoms with Gasteiger partial charge in [0.05, 0.1) is 5.75 Å². The highest BCUT2D eigenvalue weighted by atomic mass is 32.2. The molecule has 0 bridgehead atoms. The maximum absolute atomic E-state index is 11.6. The average Bonchev–Trinajstić information content (AvgIpc) is 1.70. The van der Waals surface area contributed by atoms with Crippen LogP contribution in [0.15, 0.2) is 0 Å². The van der Waals surface area contributed by atoms with Crippen LogP contribution in [-0.4, -0.2) is 20.1 Å². The second kappa shape index (κ2) is 4.73. The lowest BCUT2D eigenvalue weighted by Gasteiger charge is -2.20. The lowest BCUT2D eigenvalue weighted by atomic mass is 9.92. The first kappa shape index (κ1) is 15.4. The third kappa shape index (κ3) is 8.71. The van der Waals surface area contributed by atoms with E-state index in [9.17, 15) is 13.2 Å². The maximum Gasteiger partial charge on any atom is 0.235 e. The molecule has 0 aromatic heterocycles. The first-order valence-corrected chi connectivity index (χ1v) is 6.99. The largest absolute Gasteiger partial charge is 0.274 e. The molecule has 0 heterocycles. The van der Waals surface area contributed by atoms with E-state index in [2.05, 4.69) is 4.72 Å². The molecule has 0 saturated carbocycles. The summed E-state index contributed by atoms with van der Waals surface area (Å²) in [6.07, 6.45) is 0.205. The van der Waals surface area contributed by atoms with Crippen molar-refractivity contribution in [1.29, 1.82) is 0 Å². The molecule has 0 spiro atoms. The first-order valence-electron chi connectivity index (χ1n) is 5.34. The molecule has 0 aliphatic carbocycles. The van der Waals surface area contributed by atoms with Crippen LogP contribution in [-0.2, 0) is 14.8 Å². The van der Waals surface area contributed by atoms with Crippen LogP contribution in [0, 0.1) is 10.8 Å². The van der Waals surface area contributed by atoms with Crippen molar-refractivity contribution >= 4 is 15.9 Å². The van der Waals surface area contributed by atoms with Gasteiger partial charge in [-0.15, -0.1) is 0 Å². The van der Waals surface area contributed by atoms with Gasteiger partial charge < -0.3 is 0 Å². The molecule has 1 N–H and O–H groups in total. The summed E-state index contributed by atoms with van der Waals surface area (Å²) in [7, 11) is -3.51. The van der Waals surface area contributed by atoms with Crippen molar-refractivity contribution in [3.8, 4) is 0 Å². The molecule has 0 radical (unpaired) electrons. The fourth-order valence-electron chi connectivity index (χ4n) is 1.30. The zero-order valence-electron chi connectivity index (χ0n) is 11.0. The Labute approximate surface area is 98.9 Å². The number of nitrogens with one attached hydrogen (secondary N) is 1. The normalized spacial score (nSPS) is 13.6. The van der Waals surface area contributed by atoms with Crippen LogP contribution in [0.4, 0.5) is 0 Å². The highest BCUT2D eigenvalue weighted by Gasteiger charge is 2.25. The highest BCUT2D eigenvalue weighted by molar-refractivity contribution is 7.90. The van der Waals surface area contributed by atoms with Gasteiger partial charge in [-0.3, -0.25) is 9.52 Å². The van der Waals surface area contributed by atoms with Gasteiger partial charge in [0, 0.05) is 6.42 Å². The van der Waals surface area contributed by atoms with E-state index in [0.29, 0.717) is 0 Å². The number of amides is 1. The van der Waals surface area contributed by atoms with Gasteiger partial charge in [-0.1, -0.05) is 41.5 Å². The molecule has 0 aromatic carbocycles. The van der Waals surface area contributed by atoms with E-state index in [-0.39, 0.29) is 23.0 Å². The summed E-state index contributed by atoms with van der Waals surface area (Å²) in [4.78, 5) is 11.5. The van der Waals surface area contributed by atoms with E-state index < -0.39 is 15.9 Å². The monoisotopic (exact) mass is 249 g/mol. The fraction of sp³-hybridized carbons (Fsp3) is 0.909. The van der Waals surface area contributed by atoms with Gasteiger partial charge in [0.15, 0.2) is 0 Å². The van der Waals surface area contributed by atoms with Crippen molar-refractivity contribution in [2.24, 2.45) is 10.8 Å². The quantitative estimate of drug-likeness (QED) is 0.831. The Morgan fingerprint density at radius 1 is 1.00 bits per heavy atom. The van der Waals surface area contributed by atoms with E-state index >= 15 is 0 Å². The summed E-state index contributed by atoms with van der Waals surface area (Å²) in [5.41, 5.74) is -0.560. The Hall–Kier alpha value is -0.580. The maximum atomic E-state index is 11.6. The molecular weight excluding hydrogens is 226 g/mol. The van der Waals surface area contributed by atoms with Crippen molar-refractivity contribution in [3.63, 3.8) is 0 Å². The van der Waals surface area contributed by atoms with Gasteiger partial charge in [0.25, 0.3) is 0 Å². The van der Waals surface area contributed by atoms with E-state index in [1.165, 1.54) is 0 Å². The minimum atomic E-state index is -3.51. The smallest absolute Gasteiger partial charge is 0.235 e. The van der Waals surface area contributed by atoms with Gasteiger partial charge in [0.2, 0.25) is 15.9 Å². The lowest BCUT2D eigenvalue weighted by Crippen LogP contribution is -2.37. The molecule has 96 valence electrons. The molecule has 0 fully saturated rings. The number of rotatable bonds is 3. The van der Waals surface area contributed by atoms with Crippen molar-refractivity contribution in [2.45, 2.75) is 48.0 Å². The van der Waals surface area contributed by atoms with Gasteiger partial charge in [-0.2, -0.15) is 0 Å². The fourth-order valence-corrected chi connectivity index (χ4v) is 2.93. The third-order valence-electron chi connectivity index (χ3n) is 1.58. The highest BCUT2D eigenvalue weighted by Crippen LogP contribution is 2.19. The van der Waals surface area contributed by atoms with Gasteiger partial charge in [0.1, 0.15) is 0 Å². The van der Waals surface area contributed by atoms with Crippen molar-refractivity contribution in [1.82, 2.24) is 4.72 Å². The van der Waals surface area contributed by atoms with Crippen LogP contribution in [0.5, 0.6) is 0 Å². The van der Waals surface area contributed by atoms with Gasteiger partial charge in [-0.05, 0) is 10.8 Å². The van der Waals surface area contributed by atoms with E-state index in [1.807, 2.05) is 41.5 Å². The minimum absolute atomic E-state index is 0.0458. The predicted molar refractivity (Wildman–Crippen MR) is 65.5 cm³/mol. The summed E-state index contributed by atoms with van der Waals surface area (Å²) < 4.78 is 25.3. The van der Waals surface area contributed by atoms with Gasteiger partial charge >= 0.3 is 0 Å². The number of hydrogen-bond acceptors (Lipinski definition) is 3. The van der Waals surface area contributed by atoms with Crippen molar-refractivity contribution in [3.05, 3.63) is 0 Å². The summed E-state index contributed by atoms with van der Waals surface area (Å²) >= 11 is 0. The molecule has 1 amide bonds. The molecule has 0 aliphatic rings. The molecular formula is C11H23NO3S. The summed E-state index contributed by atoms with van der Waals surface area (Å²) in [6, 6.07) is 0. The molecule has 0 atom stereocenters. The number of sulfonamides is 1. The zero-order valence-corrected chi connectivity index (χ0v) is 11.9. The molecule has 0 aliphatic heterocycles. The Bertz CT molecular complexity index is 344. The Morgan fingerprint density at radius 2 is 1.44 bits per heavy atom. The molecule has 0 rings (SSSR count). The van der Waals surface area contributed by atoms with Crippen LogP contribution >= 0.6 is 0 Å². The Balaban J connectivity index is 4.45. The van der Waals surface area contributed by atoms with Crippen LogP contribution < -0.4 is 4.72 Å². The van der Waals surface area contributed by atoms with Crippen molar-refractivity contribution < 1.29 is 13.2 Å². The third-order valence-corrected chi connectivity index (χ3v) is 3.37. The van der Waals surface area contributed by atoms with Crippen LogP contribution in [0.2, 0.25) is 0 Å². The molecule has 5 heteroatoms. The van der Waals surface area contributed by atoms with E-state index in [4.69, 9.17) is 0 Å². The van der Waals surface area contributed by atoms with Crippen molar-refractivity contribution in [2.75, 3.05) is 5.75 Å². The first-order chi connectivity index (χ1) is 6.81. The molecule has 0 unspecified atom stereocenters. The van der Waals surface area contributed by atoms with Gasteiger partial charge in [-0.25, -0.2) is 8.42 Å². The molecule has 0 aromatic rings. The SMILES string of the molecule is CC(C)(C)CC(=O)NS(=O)(=O)CC(C)(C)C. The zero-order chi connectivity index (χ0) is 13.2. The standard InChI is InChI=1S/C11H23NO3S/c1-10(2,3)7-9(13)12-16(14,15)8-11(4,5)6/h7-8H2,1-6H3,(H,12,13). The Kier molecular flexibility index (Phi) is 4.56. The molecule has 0 saturated heterocycles. The second-order valence-corrected chi connectivity index (χ2v) is 8.30. The number of carbonyl (C=O) groups excluding carboxylic acids is 1. The number of carbonyl (C=O) groups is 1. The molecule has 4 nitrogen and oxygen atoms in total. The summed E-state index contributed by atoms with van der Waals surface area (Å²) in [5.74, 6) is -0.479. The van der Waals surface area contributed by atoms with E-state index in [1.54, 1.807) is 0 Å². The second-order valence-electron chi connectivity index (χ2n) is 6.58. The summed E-state index contributed by atoms with van der Waals surface area (Å²) in [6.45, 7) is 11.1. The topological polar surface area (TPSA) is 63.2 Å². The minimum Gasteiger partial charge on any atom is -0.274 e. The Morgan fingerprint density at radius 3 is 1.75 bits per heavy atom. The predicted octanol–water partition coefficient (Wildman–Crippen LogP) is 1.91. The molecule has 16 heavy (non-hydrogen) atoms.